The second-order valence-corrected chi connectivity index (χ2v) is 7.79. The first-order valence-electron chi connectivity index (χ1n) is 10.0. The smallest absolute Gasteiger partial charge is 0.347 e. The van der Waals surface area contributed by atoms with E-state index in [0.717, 1.165) is 25.1 Å². The van der Waals surface area contributed by atoms with Gasteiger partial charge in [-0.1, -0.05) is 0 Å². The van der Waals surface area contributed by atoms with E-state index in [9.17, 15) is 14.4 Å². The average molecular weight is 390 g/mol. The molecule has 0 aromatic carbocycles. The van der Waals surface area contributed by atoms with Gasteiger partial charge in [0.2, 0.25) is 11.8 Å². The number of ether oxygens (including phenoxy) is 1. The quantitative estimate of drug-likeness (QED) is 0.720. The number of carbonyl (C=O) groups is 2. The van der Waals surface area contributed by atoms with E-state index in [1.165, 1.54) is 4.57 Å². The summed E-state index contributed by atoms with van der Waals surface area (Å²) in [6, 6.07) is 1.83. The zero-order valence-electron chi connectivity index (χ0n) is 17.1. The molecule has 2 aliphatic heterocycles. The van der Waals surface area contributed by atoms with Crippen LogP contribution in [0.15, 0.2) is 10.9 Å². The first-order valence-corrected chi connectivity index (χ1v) is 10.0. The summed E-state index contributed by atoms with van der Waals surface area (Å²) < 4.78 is 6.65. The van der Waals surface area contributed by atoms with E-state index in [1.54, 1.807) is 18.9 Å². The van der Waals surface area contributed by atoms with Gasteiger partial charge in [-0.15, -0.1) is 0 Å². The summed E-state index contributed by atoms with van der Waals surface area (Å²) in [6.45, 7) is 6.28. The van der Waals surface area contributed by atoms with Crippen molar-refractivity contribution in [2.75, 3.05) is 33.4 Å². The van der Waals surface area contributed by atoms with Crippen molar-refractivity contribution in [3.8, 4) is 0 Å². The van der Waals surface area contributed by atoms with E-state index in [1.807, 2.05) is 17.9 Å². The van der Waals surface area contributed by atoms with Crippen molar-refractivity contribution in [1.82, 2.24) is 19.4 Å². The molecule has 8 nitrogen and oxygen atoms in total. The van der Waals surface area contributed by atoms with Crippen LogP contribution in [0, 0.1) is 13.8 Å². The second-order valence-electron chi connectivity index (χ2n) is 7.79. The zero-order chi connectivity index (χ0) is 20.3. The third-order valence-electron chi connectivity index (χ3n) is 5.95. The molecule has 3 heterocycles. The number of carbonyl (C=O) groups excluding carboxylic acids is 2. The van der Waals surface area contributed by atoms with Gasteiger partial charge in [-0.2, -0.15) is 4.98 Å². The van der Waals surface area contributed by atoms with Gasteiger partial charge in [0.15, 0.2) is 0 Å². The standard InChI is InChI=1S/C20H30N4O4/c1-15-14-16(2)23(19(27)21-15)11-6-17(25)24-10-5-8-20(24)7-4-9-22(18(20)26)12-13-28-3/h14H,4-13H2,1-3H3. The topological polar surface area (TPSA) is 84.7 Å². The van der Waals surface area contributed by atoms with Gasteiger partial charge in [0.1, 0.15) is 5.54 Å². The van der Waals surface area contributed by atoms with Gasteiger partial charge in [-0.3, -0.25) is 14.2 Å². The number of nitrogens with zero attached hydrogens (tertiary/aromatic N) is 4. The van der Waals surface area contributed by atoms with Crippen LogP contribution in [-0.4, -0.2) is 70.1 Å². The lowest BCUT2D eigenvalue weighted by Crippen LogP contribution is -2.61. The fourth-order valence-electron chi connectivity index (χ4n) is 4.59. The summed E-state index contributed by atoms with van der Waals surface area (Å²) >= 11 is 0. The number of hydrogen-bond donors (Lipinski definition) is 0. The van der Waals surface area contributed by atoms with Crippen molar-refractivity contribution in [3.63, 3.8) is 0 Å². The lowest BCUT2D eigenvalue weighted by atomic mass is 9.85. The number of piperidine rings is 1. The van der Waals surface area contributed by atoms with Crippen LogP contribution in [-0.2, 0) is 20.9 Å². The molecule has 1 atom stereocenters. The Morgan fingerprint density at radius 2 is 1.89 bits per heavy atom. The molecule has 1 unspecified atom stereocenters. The minimum Gasteiger partial charge on any atom is -0.383 e. The largest absolute Gasteiger partial charge is 0.383 e. The minimum absolute atomic E-state index is 0.0481. The highest BCUT2D eigenvalue weighted by Crippen LogP contribution is 2.38. The van der Waals surface area contributed by atoms with Crippen LogP contribution in [0.3, 0.4) is 0 Å². The summed E-state index contributed by atoms with van der Waals surface area (Å²) in [7, 11) is 1.62. The van der Waals surface area contributed by atoms with Crippen LogP contribution in [0.25, 0.3) is 0 Å². The molecule has 28 heavy (non-hydrogen) atoms. The number of rotatable bonds is 6. The molecule has 2 fully saturated rings. The first kappa shape index (κ1) is 20.5. The van der Waals surface area contributed by atoms with Gasteiger partial charge >= 0.3 is 5.69 Å². The predicted molar refractivity (Wildman–Crippen MR) is 104 cm³/mol. The van der Waals surface area contributed by atoms with Gasteiger partial charge in [0, 0.05) is 51.1 Å². The van der Waals surface area contributed by atoms with Crippen LogP contribution in [0.2, 0.25) is 0 Å². The Balaban J connectivity index is 1.73. The number of likely N-dealkylation sites (tertiary alicyclic amines) is 2. The van der Waals surface area contributed by atoms with E-state index in [-0.39, 0.29) is 30.5 Å². The van der Waals surface area contributed by atoms with Crippen LogP contribution in [0.1, 0.15) is 43.5 Å². The maximum absolute atomic E-state index is 13.2. The molecule has 8 heteroatoms. The predicted octanol–water partition coefficient (Wildman–Crippen LogP) is 0.880. The third-order valence-corrected chi connectivity index (χ3v) is 5.95. The summed E-state index contributed by atoms with van der Waals surface area (Å²) in [5.74, 6) is -0.0154. The molecule has 1 aromatic heterocycles. The normalized spacial score (nSPS) is 22.3. The number of aryl methyl sites for hydroxylation is 2. The van der Waals surface area contributed by atoms with E-state index < -0.39 is 5.54 Å². The highest BCUT2D eigenvalue weighted by atomic mass is 16.5. The highest BCUT2D eigenvalue weighted by Gasteiger charge is 2.52. The van der Waals surface area contributed by atoms with Gasteiger partial charge in [-0.05, 0) is 45.6 Å². The number of aromatic nitrogens is 2. The summed E-state index contributed by atoms with van der Waals surface area (Å²) in [6.07, 6.45) is 3.34. The maximum Gasteiger partial charge on any atom is 0.347 e. The number of hydrogen-bond acceptors (Lipinski definition) is 5. The fourth-order valence-corrected chi connectivity index (χ4v) is 4.59. The summed E-state index contributed by atoms with van der Waals surface area (Å²) in [5, 5.41) is 0. The van der Waals surface area contributed by atoms with Gasteiger partial charge in [0.25, 0.3) is 0 Å². The van der Waals surface area contributed by atoms with E-state index >= 15 is 0 Å². The molecule has 1 aromatic rings. The Kier molecular flexibility index (Phi) is 6.17. The first-order chi connectivity index (χ1) is 13.4. The van der Waals surface area contributed by atoms with Gasteiger partial charge in [0.05, 0.1) is 6.61 Å². The van der Waals surface area contributed by atoms with Crippen molar-refractivity contribution < 1.29 is 14.3 Å². The molecule has 0 N–H and O–H groups in total. The molecule has 154 valence electrons. The van der Waals surface area contributed by atoms with E-state index in [0.29, 0.717) is 38.2 Å². The Morgan fingerprint density at radius 3 is 2.57 bits per heavy atom. The van der Waals surface area contributed by atoms with Crippen molar-refractivity contribution >= 4 is 11.8 Å². The number of methoxy groups -OCH3 is 1. The Labute approximate surface area is 165 Å². The lowest BCUT2D eigenvalue weighted by Gasteiger charge is -2.44. The Bertz CT molecular complexity index is 806. The monoisotopic (exact) mass is 390 g/mol. The van der Waals surface area contributed by atoms with E-state index in [2.05, 4.69) is 4.98 Å². The second kappa shape index (κ2) is 8.43. The van der Waals surface area contributed by atoms with Crippen molar-refractivity contribution in [2.45, 2.75) is 58.0 Å². The molecule has 2 saturated heterocycles. The van der Waals surface area contributed by atoms with E-state index in [4.69, 9.17) is 4.74 Å². The van der Waals surface area contributed by atoms with Crippen LogP contribution in [0.4, 0.5) is 0 Å². The molecule has 0 saturated carbocycles. The van der Waals surface area contributed by atoms with Crippen molar-refractivity contribution in [1.29, 1.82) is 0 Å². The Hall–Kier alpha value is -2.22. The fraction of sp³-hybridized carbons (Fsp3) is 0.700. The SMILES string of the molecule is COCCN1CCCC2(CCCN2C(=O)CCn2c(C)cc(C)nc2=O)C1=O. The molecule has 2 aliphatic rings. The van der Waals surface area contributed by atoms with Gasteiger partial charge < -0.3 is 14.5 Å². The summed E-state index contributed by atoms with van der Waals surface area (Å²) in [4.78, 5) is 45.9. The van der Waals surface area contributed by atoms with Crippen LogP contribution < -0.4 is 5.69 Å². The molecule has 0 bridgehead atoms. The zero-order valence-corrected chi connectivity index (χ0v) is 17.1. The van der Waals surface area contributed by atoms with Crippen molar-refractivity contribution in [3.05, 3.63) is 27.9 Å². The van der Waals surface area contributed by atoms with Crippen LogP contribution >= 0.6 is 0 Å². The average Bonchev–Trinajstić information content (AvgIpc) is 3.06. The Morgan fingerprint density at radius 1 is 1.18 bits per heavy atom. The summed E-state index contributed by atoms with van der Waals surface area (Å²) in [5.41, 5.74) is 0.420. The highest BCUT2D eigenvalue weighted by molar-refractivity contribution is 5.92. The maximum atomic E-state index is 13.2. The minimum atomic E-state index is -0.714. The molecule has 3 rings (SSSR count). The molecule has 1 spiro atoms. The molecular weight excluding hydrogens is 360 g/mol. The number of amides is 2. The molecule has 0 radical (unpaired) electrons. The molecule has 0 aliphatic carbocycles. The van der Waals surface area contributed by atoms with Crippen molar-refractivity contribution in [2.24, 2.45) is 0 Å². The van der Waals surface area contributed by atoms with Crippen LogP contribution in [0.5, 0.6) is 0 Å². The molecule has 2 amide bonds. The van der Waals surface area contributed by atoms with Gasteiger partial charge in [-0.25, -0.2) is 4.79 Å². The lowest BCUT2D eigenvalue weighted by molar-refractivity contribution is -0.156. The molecular formula is C20H30N4O4. The third kappa shape index (κ3) is 3.83.